The number of carboxylic acid groups (broad SMARTS) is 1. The lowest BCUT2D eigenvalue weighted by molar-refractivity contribution is -0.152. The molecule has 0 aliphatic rings. The van der Waals surface area contributed by atoms with Gasteiger partial charge in [0.15, 0.2) is 5.60 Å². The predicted molar refractivity (Wildman–Crippen MR) is 114 cm³/mol. The fourth-order valence-corrected chi connectivity index (χ4v) is 3.12. The maximum absolute atomic E-state index is 11.3. The second-order valence-electron chi connectivity index (χ2n) is 7.95. The van der Waals surface area contributed by atoms with Crippen molar-refractivity contribution in [2.24, 2.45) is 0 Å². The van der Waals surface area contributed by atoms with Gasteiger partial charge in [-0.1, -0.05) is 31.2 Å². The van der Waals surface area contributed by atoms with E-state index in [9.17, 15) is 15.0 Å². The smallest absolute Gasteiger partial charge is 0.347 e. The Morgan fingerprint density at radius 2 is 1.69 bits per heavy atom. The van der Waals surface area contributed by atoms with Crippen LogP contribution in [0.2, 0.25) is 0 Å². The first kappa shape index (κ1) is 22.8. The molecule has 2 rings (SSSR count). The third-order valence-corrected chi connectivity index (χ3v) is 4.84. The number of rotatable bonds is 10. The number of hydrogen-bond donors (Lipinski definition) is 2. The minimum Gasteiger partial charge on any atom is -0.494 e. The van der Waals surface area contributed by atoms with E-state index in [-0.39, 0.29) is 0 Å². The van der Waals surface area contributed by atoms with Gasteiger partial charge in [0.25, 0.3) is 0 Å². The summed E-state index contributed by atoms with van der Waals surface area (Å²) in [5, 5.41) is 19.8. The first-order valence-corrected chi connectivity index (χ1v) is 10.1. The summed E-state index contributed by atoms with van der Waals surface area (Å²) in [6.07, 6.45) is 1.70. The monoisotopic (exact) mass is 400 g/mol. The van der Waals surface area contributed by atoms with Crippen LogP contribution in [0, 0.1) is 13.8 Å². The van der Waals surface area contributed by atoms with Crippen LogP contribution in [0.1, 0.15) is 62.0 Å². The minimum absolute atomic E-state index is 0.558. The Kier molecular flexibility index (Phi) is 7.68. The molecule has 0 aliphatic heterocycles. The van der Waals surface area contributed by atoms with Crippen LogP contribution in [0.3, 0.4) is 0 Å². The zero-order valence-electron chi connectivity index (χ0n) is 18.0. The Bertz CT molecular complexity index is 801. The van der Waals surface area contributed by atoms with Gasteiger partial charge in [0.2, 0.25) is 0 Å². The Hall–Kier alpha value is -2.53. The second-order valence-corrected chi connectivity index (χ2v) is 7.95. The summed E-state index contributed by atoms with van der Waals surface area (Å²) in [6, 6.07) is 11.6. The molecule has 5 nitrogen and oxygen atoms in total. The van der Waals surface area contributed by atoms with Crippen LogP contribution in [0.5, 0.6) is 11.5 Å². The highest BCUT2D eigenvalue weighted by Gasteiger charge is 2.30. The molecule has 1 atom stereocenters. The van der Waals surface area contributed by atoms with Gasteiger partial charge in [-0.3, -0.25) is 0 Å². The van der Waals surface area contributed by atoms with Crippen LogP contribution in [0.15, 0.2) is 36.4 Å². The van der Waals surface area contributed by atoms with Gasteiger partial charge in [-0.15, -0.1) is 0 Å². The fraction of sp³-hybridized carbons (Fsp3) is 0.458. The Balaban J connectivity index is 2.02. The van der Waals surface area contributed by atoms with Crippen LogP contribution >= 0.6 is 0 Å². The van der Waals surface area contributed by atoms with Crippen molar-refractivity contribution in [1.29, 1.82) is 0 Å². The summed E-state index contributed by atoms with van der Waals surface area (Å²) in [7, 11) is 0. The number of benzene rings is 2. The molecule has 0 heterocycles. The number of aliphatic hydroxyl groups is 1. The zero-order valence-corrected chi connectivity index (χ0v) is 18.0. The lowest BCUT2D eigenvalue weighted by Gasteiger charge is -2.24. The van der Waals surface area contributed by atoms with E-state index in [1.807, 2.05) is 50.2 Å². The van der Waals surface area contributed by atoms with Crippen LogP contribution < -0.4 is 9.47 Å². The van der Waals surface area contributed by atoms with E-state index in [1.54, 1.807) is 0 Å². The van der Waals surface area contributed by atoms with E-state index in [4.69, 9.17) is 9.47 Å². The van der Waals surface area contributed by atoms with E-state index in [1.165, 1.54) is 13.8 Å². The number of carboxylic acids is 1. The molecule has 1 unspecified atom stereocenters. The highest BCUT2D eigenvalue weighted by Crippen LogP contribution is 2.30. The van der Waals surface area contributed by atoms with Crippen molar-refractivity contribution < 1.29 is 24.5 Å². The summed E-state index contributed by atoms with van der Waals surface area (Å²) >= 11 is 0. The average molecular weight is 401 g/mol. The second kappa shape index (κ2) is 9.79. The van der Waals surface area contributed by atoms with Crippen molar-refractivity contribution in [3.63, 3.8) is 0 Å². The van der Waals surface area contributed by atoms with Crippen molar-refractivity contribution in [3.8, 4) is 11.5 Å². The number of ether oxygens (including phenoxy) is 2. The Labute approximate surface area is 173 Å². The third-order valence-electron chi connectivity index (χ3n) is 4.84. The number of carbonyl (C=O) groups is 1. The molecule has 0 radical (unpaired) electrons. The summed E-state index contributed by atoms with van der Waals surface area (Å²) in [5.74, 6) is 0.410. The van der Waals surface area contributed by atoms with Gasteiger partial charge < -0.3 is 19.7 Å². The van der Waals surface area contributed by atoms with E-state index >= 15 is 0 Å². The van der Waals surface area contributed by atoms with Gasteiger partial charge in [0.1, 0.15) is 11.5 Å². The molecule has 2 aromatic rings. The maximum Gasteiger partial charge on any atom is 0.347 e. The maximum atomic E-state index is 11.3. The molecule has 0 amide bonds. The van der Waals surface area contributed by atoms with E-state index < -0.39 is 17.7 Å². The molecule has 158 valence electrons. The summed E-state index contributed by atoms with van der Waals surface area (Å²) in [4.78, 5) is 11.3. The van der Waals surface area contributed by atoms with Crippen molar-refractivity contribution in [2.75, 3.05) is 6.61 Å². The van der Waals surface area contributed by atoms with Gasteiger partial charge in [-0.05, 0) is 81.3 Å². The quantitative estimate of drug-likeness (QED) is 0.587. The lowest BCUT2D eigenvalue weighted by Crippen LogP contribution is -2.38. The Morgan fingerprint density at radius 3 is 2.21 bits per heavy atom. The number of aryl methyl sites for hydroxylation is 3. The Morgan fingerprint density at radius 1 is 1.10 bits per heavy atom. The molecule has 29 heavy (non-hydrogen) atoms. The van der Waals surface area contributed by atoms with E-state index in [2.05, 4.69) is 6.92 Å². The molecule has 2 N–H and O–H groups in total. The summed E-state index contributed by atoms with van der Waals surface area (Å²) < 4.78 is 11.3. The molecule has 0 spiro atoms. The molecule has 0 fully saturated rings. The molecular formula is C24H32O5. The predicted octanol–water partition coefficient (Wildman–Crippen LogP) is 5.00. The summed E-state index contributed by atoms with van der Waals surface area (Å²) in [5.41, 5.74) is 2.44. The van der Waals surface area contributed by atoms with Crippen molar-refractivity contribution >= 4 is 5.97 Å². The molecule has 0 aromatic heterocycles. The normalized spacial score (nSPS) is 12.5. The van der Waals surface area contributed by atoms with Crippen LogP contribution in [-0.4, -0.2) is 28.4 Å². The molecule has 5 heteroatoms. The molecule has 0 bridgehead atoms. The standard InChI is InChI=1S/C24H32O5/c1-6-13-28-20-10-8-19(9-11-20)21(25)12-7-18-14-16(2)22(17(3)15-18)29-24(4,5)23(26)27/h8-11,14-15,21,25H,6-7,12-13H2,1-5H3,(H,26,27). The largest absolute Gasteiger partial charge is 0.494 e. The molecule has 2 aromatic carbocycles. The fourth-order valence-electron chi connectivity index (χ4n) is 3.12. The zero-order chi connectivity index (χ0) is 21.6. The third kappa shape index (κ3) is 6.23. The molecular weight excluding hydrogens is 368 g/mol. The minimum atomic E-state index is -1.29. The first-order valence-electron chi connectivity index (χ1n) is 10.1. The SMILES string of the molecule is CCCOc1ccc(C(O)CCc2cc(C)c(OC(C)(C)C(=O)O)c(C)c2)cc1. The van der Waals surface area contributed by atoms with Gasteiger partial charge in [-0.2, -0.15) is 0 Å². The number of aliphatic hydroxyl groups excluding tert-OH is 1. The van der Waals surface area contributed by atoms with Crippen molar-refractivity contribution in [3.05, 3.63) is 58.7 Å². The molecule has 0 saturated heterocycles. The van der Waals surface area contributed by atoms with Crippen molar-refractivity contribution in [1.82, 2.24) is 0 Å². The number of hydrogen-bond acceptors (Lipinski definition) is 4. The van der Waals surface area contributed by atoms with Crippen LogP contribution in [0.4, 0.5) is 0 Å². The average Bonchev–Trinajstić information content (AvgIpc) is 2.67. The van der Waals surface area contributed by atoms with Gasteiger partial charge in [-0.25, -0.2) is 4.79 Å². The topological polar surface area (TPSA) is 76.0 Å². The van der Waals surface area contributed by atoms with Crippen LogP contribution in [-0.2, 0) is 11.2 Å². The van der Waals surface area contributed by atoms with E-state index in [0.29, 0.717) is 25.2 Å². The highest BCUT2D eigenvalue weighted by molar-refractivity contribution is 5.77. The number of aliphatic carboxylic acids is 1. The van der Waals surface area contributed by atoms with Crippen molar-refractivity contribution in [2.45, 2.75) is 65.6 Å². The molecule has 0 saturated carbocycles. The van der Waals surface area contributed by atoms with Gasteiger partial charge in [0, 0.05) is 0 Å². The van der Waals surface area contributed by atoms with Crippen LogP contribution in [0.25, 0.3) is 0 Å². The molecule has 0 aliphatic carbocycles. The van der Waals surface area contributed by atoms with Gasteiger partial charge in [0.05, 0.1) is 12.7 Å². The van der Waals surface area contributed by atoms with E-state index in [0.717, 1.165) is 34.4 Å². The summed E-state index contributed by atoms with van der Waals surface area (Å²) in [6.45, 7) is 9.65. The highest BCUT2D eigenvalue weighted by atomic mass is 16.5. The first-order chi connectivity index (χ1) is 13.6. The lowest BCUT2D eigenvalue weighted by atomic mass is 9.98. The van der Waals surface area contributed by atoms with Gasteiger partial charge >= 0.3 is 5.97 Å².